The van der Waals surface area contributed by atoms with E-state index in [9.17, 15) is 9.59 Å². The van der Waals surface area contributed by atoms with Crippen LogP contribution in [0.5, 0.6) is 0 Å². The lowest BCUT2D eigenvalue weighted by molar-refractivity contribution is -0.148. The molecule has 2 bridgehead atoms. The fraction of sp³-hybridized carbons (Fsp3) is 0.500. The molecule has 0 fully saturated rings. The lowest BCUT2D eigenvalue weighted by Gasteiger charge is -2.14. The van der Waals surface area contributed by atoms with Gasteiger partial charge in [0.2, 0.25) is 5.91 Å². The number of cyclic esters (lactones) is 1. The number of esters is 1. The minimum Gasteiger partial charge on any atom is -0.462 e. The Morgan fingerprint density at radius 2 is 1.89 bits per heavy atom. The maximum atomic E-state index is 12.7. The van der Waals surface area contributed by atoms with Gasteiger partial charge in [-0.1, -0.05) is 53.2 Å². The number of thiazole rings is 1. The minimum absolute atomic E-state index is 0.154. The largest absolute Gasteiger partial charge is 0.462 e. The molecule has 6 nitrogen and oxygen atoms in total. The molecule has 0 aliphatic carbocycles. The summed E-state index contributed by atoms with van der Waals surface area (Å²) in [5.74, 6) is -0.312. The van der Waals surface area contributed by atoms with Crippen molar-refractivity contribution >= 4 is 23.2 Å². The van der Waals surface area contributed by atoms with Gasteiger partial charge in [-0.3, -0.25) is 9.59 Å². The van der Waals surface area contributed by atoms with Gasteiger partial charge >= 0.3 is 5.97 Å². The smallest absolute Gasteiger partial charge is 0.306 e. The number of carbonyl (C=O) groups is 2. The first-order valence-electron chi connectivity index (χ1n) is 13.1. The van der Waals surface area contributed by atoms with Gasteiger partial charge in [0.05, 0.1) is 16.7 Å². The van der Waals surface area contributed by atoms with Crippen LogP contribution in [-0.2, 0) is 27.2 Å². The van der Waals surface area contributed by atoms with Gasteiger partial charge < -0.3 is 15.0 Å². The van der Waals surface area contributed by atoms with E-state index in [0.717, 1.165) is 47.7 Å². The summed E-state index contributed by atoms with van der Waals surface area (Å²) in [4.78, 5) is 31.8. The van der Waals surface area contributed by atoms with Crippen LogP contribution in [0.4, 0.5) is 0 Å². The van der Waals surface area contributed by atoms with Crippen LogP contribution >= 0.6 is 11.3 Å². The number of hydrogen-bond donors (Lipinski definition) is 1. The number of nitrogens with one attached hydrogen (secondary N) is 1. The monoisotopic (exact) mass is 525 g/mol. The van der Waals surface area contributed by atoms with Crippen LogP contribution in [0.15, 0.2) is 64.6 Å². The zero-order chi connectivity index (χ0) is 27.2. The van der Waals surface area contributed by atoms with E-state index >= 15 is 0 Å². The molecule has 2 rings (SSSR count). The molecule has 1 aromatic rings. The molecule has 2 heterocycles. The van der Waals surface area contributed by atoms with Crippen molar-refractivity contribution in [2.24, 2.45) is 0 Å². The highest BCUT2D eigenvalue weighted by atomic mass is 32.1. The molecule has 0 unspecified atom stereocenters. The van der Waals surface area contributed by atoms with Crippen molar-refractivity contribution in [3.63, 3.8) is 0 Å². The average molecular weight is 526 g/mol. The quantitative estimate of drug-likeness (QED) is 0.393. The fourth-order valence-electron chi connectivity index (χ4n) is 3.88. The maximum absolute atomic E-state index is 12.7. The van der Waals surface area contributed by atoms with E-state index in [1.807, 2.05) is 34.0 Å². The van der Waals surface area contributed by atoms with E-state index in [0.29, 0.717) is 19.3 Å². The second-order valence-electron chi connectivity index (χ2n) is 10.1. The summed E-state index contributed by atoms with van der Waals surface area (Å²) >= 11 is 1.62. The van der Waals surface area contributed by atoms with E-state index in [4.69, 9.17) is 9.72 Å². The van der Waals surface area contributed by atoms with Gasteiger partial charge in [-0.15, -0.1) is 11.3 Å². The minimum atomic E-state index is -0.193. The van der Waals surface area contributed by atoms with Gasteiger partial charge in [0, 0.05) is 37.3 Å². The second-order valence-corrected chi connectivity index (χ2v) is 11.0. The number of amides is 1. The van der Waals surface area contributed by atoms with E-state index in [1.54, 1.807) is 23.5 Å². The summed E-state index contributed by atoms with van der Waals surface area (Å²) in [6, 6.07) is -0.176. The van der Waals surface area contributed by atoms with Crippen molar-refractivity contribution in [1.82, 2.24) is 15.2 Å². The third-order valence-electron chi connectivity index (χ3n) is 5.81. The SMILES string of the molecule is CC(/C=C/C(C)=C/[C@@H]1Cc2nc(cs2)CCCCC(=O)O[C@@H](C)C/C(C)=C/C=C\C(=O)N1)=C\CN(C)C. The molecule has 0 radical (unpaired) electrons. The van der Waals surface area contributed by atoms with Gasteiger partial charge in [-0.2, -0.15) is 0 Å². The molecule has 1 aliphatic heterocycles. The number of aryl methyl sites for hydroxylation is 1. The predicted octanol–water partition coefficient (Wildman–Crippen LogP) is 5.73. The predicted molar refractivity (Wildman–Crippen MR) is 154 cm³/mol. The van der Waals surface area contributed by atoms with E-state index in [-0.39, 0.29) is 24.0 Å². The Kier molecular flexibility index (Phi) is 13.3. The number of hydrogen-bond acceptors (Lipinski definition) is 6. The van der Waals surface area contributed by atoms with Crippen molar-refractivity contribution in [1.29, 1.82) is 0 Å². The first-order chi connectivity index (χ1) is 17.6. The number of ether oxygens (including phenoxy) is 1. The molecule has 0 spiro atoms. The topological polar surface area (TPSA) is 71.5 Å². The van der Waals surface area contributed by atoms with Gasteiger partial charge in [0.15, 0.2) is 0 Å². The normalized spacial score (nSPS) is 24.0. The first-order valence-corrected chi connectivity index (χ1v) is 13.9. The zero-order valence-electron chi connectivity index (χ0n) is 23.3. The van der Waals surface area contributed by atoms with Gasteiger partial charge in [-0.05, 0) is 61.1 Å². The van der Waals surface area contributed by atoms with Crippen molar-refractivity contribution in [2.75, 3.05) is 20.6 Å². The number of likely N-dealkylation sites (N-methyl/N-ethyl adjacent to an activating group) is 1. The molecule has 7 heteroatoms. The van der Waals surface area contributed by atoms with Crippen molar-refractivity contribution in [3.8, 4) is 0 Å². The van der Waals surface area contributed by atoms with Crippen molar-refractivity contribution in [2.45, 2.75) is 78.4 Å². The number of allylic oxidation sites excluding steroid dienone is 6. The van der Waals surface area contributed by atoms with Crippen LogP contribution in [0.1, 0.15) is 64.1 Å². The molecule has 0 aromatic carbocycles. The summed E-state index contributed by atoms with van der Waals surface area (Å²) in [5.41, 5.74) is 4.36. The summed E-state index contributed by atoms with van der Waals surface area (Å²) in [7, 11) is 4.10. The van der Waals surface area contributed by atoms with E-state index < -0.39 is 0 Å². The lowest BCUT2D eigenvalue weighted by atomic mass is 10.1. The summed E-state index contributed by atoms with van der Waals surface area (Å²) in [6.45, 7) is 8.92. The fourth-order valence-corrected chi connectivity index (χ4v) is 4.77. The Bertz CT molecular complexity index is 1050. The average Bonchev–Trinajstić information content (AvgIpc) is 3.25. The number of fused-ring (bicyclic) bond motifs is 2. The van der Waals surface area contributed by atoms with Crippen LogP contribution in [0.25, 0.3) is 0 Å². The third-order valence-corrected chi connectivity index (χ3v) is 6.73. The van der Waals surface area contributed by atoms with E-state index in [2.05, 4.69) is 53.7 Å². The highest BCUT2D eigenvalue weighted by Crippen LogP contribution is 2.17. The number of nitrogens with zero attached hydrogens (tertiary/aromatic N) is 2. The van der Waals surface area contributed by atoms with Crippen LogP contribution in [0.2, 0.25) is 0 Å². The highest BCUT2D eigenvalue weighted by Gasteiger charge is 2.14. The molecule has 1 aromatic heterocycles. The molecule has 0 saturated carbocycles. The first kappa shape index (κ1) is 30.5. The molecule has 2 atom stereocenters. The standard InChI is InChI=1S/C30H43N3O3S/c1-22(16-17-33(5)6)14-15-24(3)19-27-20-29-32-26(21-37-29)11-7-8-13-30(35)36-25(4)18-23(2)10-9-12-28(34)31-27/h9-10,12,14-16,19,21,25,27H,7-8,11,13,17-18,20H2,1-6H3,(H,31,34)/b12-9-,15-14+,22-16+,23-10+,24-19+/t25-,27+/m0/s1. The van der Waals surface area contributed by atoms with Crippen LogP contribution in [-0.4, -0.2) is 54.5 Å². The lowest BCUT2D eigenvalue weighted by Crippen LogP contribution is -2.34. The van der Waals surface area contributed by atoms with Gasteiger partial charge in [0.1, 0.15) is 6.10 Å². The molecular weight excluding hydrogens is 482 g/mol. The summed E-state index contributed by atoms with van der Waals surface area (Å²) in [6.07, 6.45) is 17.7. The molecule has 0 saturated heterocycles. The maximum Gasteiger partial charge on any atom is 0.306 e. The van der Waals surface area contributed by atoms with Crippen molar-refractivity contribution in [3.05, 3.63) is 75.3 Å². The van der Waals surface area contributed by atoms with Gasteiger partial charge in [0.25, 0.3) is 0 Å². The number of aromatic nitrogens is 1. The summed E-state index contributed by atoms with van der Waals surface area (Å²) < 4.78 is 5.53. The van der Waals surface area contributed by atoms with E-state index in [1.165, 1.54) is 5.57 Å². The van der Waals surface area contributed by atoms with Crippen LogP contribution in [0.3, 0.4) is 0 Å². The van der Waals surface area contributed by atoms with Crippen LogP contribution < -0.4 is 5.32 Å². The Hall–Kier alpha value is -2.77. The molecule has 1 aliphatic rings. The second kappa shape index (κ2) is 16.2. The molecule has 37 heavy (non-hydrogen) atoms. The van der Waals surface area contributed by atoms with Gasteiger partial charge in [-0.25, -0.2) is 4.98 Å². The Morgan fingerprint density at radius 1 is 1.16 bits per heavy atom. The third kappa shape index (κ3) is 13.4. The van der Waals surface area contributed by atoms with Crippen LogP contribution in [0, 0.1) is 0 Å². The van der Waals surface area contributed by atoms with Crippen molar-refractivity contribution < 1.29 is 14.3 Å². The molecule has 202 valence electrons. The number of carbonyl (C=O) groups excluding carboxylic acids is 2. The molecule has 1 amide bonds. The Labute approximate surface area is 226 Å². The molecule has 1 N–H and O–H groups in total. The summed E-state index contributed by atoms with van der Waals surface area (Å²) in [5, 5.41) is 6.20. The zero-order valence-corrected chi connectivity index (χ0v) is 24.1. The highest BCUT2D eigenvalue weighted by molar-refractivity contribution is 7.09. The Morgan fingerprint density at radius 3 is 2.65 bits per heavy atom. The number of rotatable bonds is 5. The Balaban J connectivity index is 2.21. The molecular formula is C30H43N3O3S.